The first-order valence-corrected chi connectivity index (χ1v) is 9.42. The minimum atomic E-state index is -5.39. The molecule has 0 aromatic rings. The van der Waals surface area contributed by atoms with Gasteiger partial charge in [-0.15, -0.1) is 0 Å². The van der Waals surface area contributed by atoms with E-state index in [0.29, 0.717) is 12.8 Å². The molecule has 0 heterocycles. The first-order chi connectivity index (χ1) is 9.45. The molecule has 0 unspecified atom stereocenters. The molecule has 0 spiro atoms. The predicted octanol–water partition coefficient (Wildman–Crippen LogP) is 0.294. The van der Waals surface area contributed by atoms with Crippen molar-refractivity contribution in [3.05, 3.63) is 0 Å². The maximum absolute atomic E-state index is 11.1. The van der Waals surface area contributed by atoms with E-state index in [9.17, 15) is 19.0 Å². The van der Waals surface area contributed by atoms with Gasteiger partial charge in [0.1, 0.15) is 0 Å². The van der Waals surface area contributed by atoms with Crippen molar-refractivity contribution in [1.29, 1.82) is 0 Å². The highest BCUT2D eigenvalue weighted by Crippen LogP contribution is 2.69. The second-order valence-electron chi connectivity index (χ2n) is 4.32. The molecule has 0 aromatic heterocycles. The van der Waals surface area contributed by atoms with Gasteiger partial charge in [-0.25, -0.2) is 4.79 Å². The molecule has 1 amide bonds. The molecule has 21 heavy (non-hydrogen) atoms. The Kier molecular flexibility index (Phi) is 8.05. The fraction of sp³-hybridized carbons (Fsp3) is 0.889. The number of aliphatic hydroxyl groups is 1. The summed E-state index contributed by atoms with van der Waals surface area (Å²) in [6.45, 7) is 2.11. The summed E-state index contributed by atoms with van der Waals surface area (Å²) in [6.07, 6.45) is -0.677. The molecule has 0 aromatic carbocycles. The third kappa shape index (κ3) is 6.44. The van der Waals surface area contributed by atoms with Crippen LogP contribution in [0.25, 0.3) is 0 Å². The van der Waals surface area contributed by atoms with E-state index in [1.54, 1.807) is 6.92 Å². The number of hydrogen-bond donors (Lipinski definition) is 6. The summed E-state index contributed by atoms with van der Waals surface area (Å²) in [6, 6.07) is 0. The average molecular weight is 349 g/mol. The Balaban J connectivity index is 4.23. The van der Waals surface area contributed by atoms with Crippen molar-refractivity contribution in [2.75, 3.05) is 13.2 Å². The molecule has 126 valence electrons. The van der Waals surface area contributed by atoms with Gasteiger partial charge in [-0.1, -0.05) is 6.42 Å². The van der Waals surface area contributed by atoms with E-state index in [0.717, 1.165) is 0 Å². The summed E-state index contributed by atoms with van der Waals surface area (Å²) >= 11 is 0. The zero-order valence-corrected chi connectivity index (χ0v) is 13.3. The van der Waals surface area contributed by atoms with Gasteiger partial charge < -0.3 is 34.7 Å². The number of ether oxygens (including phenoxy) is 1. The Bertz CT molecular complexity index is 407. The monoisotopic (exact) mass is 349 g/mol. The van der Waals surface area contributed by atoms with Gasteiger partial charge >= 0.3 is 21.3 Å². The van der Waals surface area contributed by atoms with Crippen LogP contribution < -0.4 is 5.32 Å². The Hall–Kier alpha value is -0.470. The van der Waals surface area contributed by atoms with Gasteiger partial charge in [0, 0.05) is 6.54 Å². The molecule has 0 bridgehead atoms. The predicted molar refractivity (Wildman–Crippen MR) is 72.5 cm³/mol. The van der Waals surface area contributed by atoms with Crippen molar-refractivity contribution in [3.8, 4) is 0 Å². The maximum atomic E-state index is 11.1. The summed E-state index contributed by atoms with van der Waals surface area (Å²) in [5, 5.41) is 8.63. The van der Waals surface area contributed by atoms with Crippen LogP contribution in [0, 0.1) is 0 Å². The van der Waals surface area contributed by atoms with Crippen molar-refractivity contribution >= 4 is 21.3 Å². The standard InChI is InChI=1S/C9H21NO9P2/c1-2-19-8(11)10-7-5-3-4-6-9(12,20(13,14)15)21(16,17)18/h12H,2-7H2,1H3,(H,10,11)(H2,13,14,15)(H2,16,17,18). The third-order valence-electron chi connectivity index (χ3n) is 2.67. The van der Waals surface area contributed by atoms with Crippen LogP contribution in [-0.2, 0) is 13.9 Å². The zero-order chi connectivity index (χ0) is 16.7. The molecule has 10 nitrogen and oxygen atoms in total. The summed E-state index contributed by atoms with van der Waals surface area (Å²) in [4.78, 5) is 46.5. The molecule has 0 saturated carbocycles. The van der Waals surface area contributed by atoms with Crippen LogP contribution in [0.1, 0.15) is 32.6 Å². The van der Waals surface area contributed by atoms with Crippen LogP contribution in [0.2, 0.25) is 0 Å². The van der Waals surface area contributed by atoms with Gasteiger partial charge in [0.2, 0.25) is 0 Å². The van der Waals surface area contributed by atoms with Crippen molar-refractivity contribution in [1.82, 2.24) is 5.32 Å². The highest BCUT2D eigenvalue weighted by atomic mass is 31.2. The molecule has 0 saturated heterocycles. The van der Waals surface area contributed by atoms with E-state index in [2.05, 4.69) is 10.1 Å². The second kappa shape index (κ2) is 8.24. The number of carbonyl (C=O) groups excluding carboxylic acids is 1. The van der Waals surface area contributed by atoms with Crippen molar-refractivity contribution in [3.63, 3.8) is 0 Å². The Morgan fingerprint density at radius 3 is 2.05 bits per heavy atom. The van der Waals surface area contributed by atoms with Crippen LogP contribution >= 0.6 is 15.2 Å². The lowest BCUT2D eigenvalue weighted by Gasteiger charge is -2.29. The minimum absolute atomic E-state index is 0.0305. The molecule has 0 aliphatic heterocycles. The maximum Gasteiger partial charge on any atom is 0.407 e. The molecule has 0 rings (SSSR count). The van der Waals surface area contributed by atoms with E-state index in [1.807, 2.05) is 0 Å². The highest BCUT2D eigenvalue weighted by Gasteiger charge is 2.58. The van der Waals surface area contributed by atoms with Gasteiger partial charge in [-0.2, -0.15) is 0 Å². The minimum Gasteiger partial charge on any atom is -0.450 e. The second-order valence-corrected chi connectivity index (χ2v) is 8.33. The fourth-order valence-corrected chi connectivity index (χ4v) is 3.75. The van der Waals surface area contributed by atoms with E-state index in [1.165, 1.54) is 0 Å². The van der Waals surface area contributed by atoms with E-state index in [4.69, 9.17) is 19.6 Å². The van der Waals surface area contributed by atoms with Crippen molar-refractivity contribution < 1.29 is 43.3 Å². The lowest BCUT2D eigenvalue weighted by atomic mass is 10.2. The van der Waals surface area contributed by atoms with Crippen molar-refractivity contribution in [2.45, 2.75) is 37.7 Å². The molecular formula is C9H21NO9P2. The molecule has 0 radical (unpaired) electrons. The van der Waals surface area contributed by atoms with Gasteiger partial charge in [0.25, 0.3) is 5.08 Å². The molecule has 0 aliphatic rings. The topological polar surface area (TPSA) is 174 Å². The largest absolute Gasteiger partial charge is 0.450 e. The first kappa shape index (κ1) is 20.5. The quantitative estimate of drug-likeness (QED) is 0.252. The van der Waals surface area contributed by atoms with Crippen LogP contribution in [0.5, 0.6) is 0 Å². The van der Waals surface area contributed by atoms with Gasteiger partial charge in [0.15, 0.2) is 0 Å². The summed E-state index contributed by atoms with van der Waals surface area (Å²) in [5.41, 5.74) is 0. The first-order valence-electron chi connectivity index (χ1n) is 6.20. The summed E-state index contributed by atoms with van der Waals surface area (Å²) in [7, 11) is -10.8. The van der Waals surface area contributed by atoms with Gasteiger partial charge in [-0.3, -0.25) is 9.13 Å². The lowest BCUT2D eigenvalue weighted by Crippen LogP contribution is -2.28. The Morgan fingerprint density at radius 1 is 1.10 bits per heavy atom. The Labute approximate surface area is 121 Å². The molecular weight excluding hydrogens is 328 g/mol. The van der Waals surface area contributed by atoms with E-state index < -0.39 is 32.8 Å². The summed E-state index contributed by atoms with van der Waals surface area (Å²) < 4.78 is 26.7. The average Bonchev–Trinajstić information content (AvgIpc) is 2.30. The molecule has 0 aliphatic carbocycles. The molecule has 6 N–H and O–H groups in total. The van der Waals surface area contributed by atoms with Gasteiger partial charge in [0.05, 0.1) is 6.61 Å². The number of unbranched alkanes of at least 4 members (excludes halogenated alkanes) is 2. The summed E-state index contributed by atoms with van der Waals surface area (Å²) in [5.74, 6) is 0. The SMILES string of the molecule is CCOC(=O)NCCCCCC(O)(P(=O)(O)O)P(=O)(O)O. The Morgan fingerprint density at radius 2 is 1.62 bits per heavy atom. The van der Waals surface area contributed by atoms with Gasteiger partial charge in [-0.05, 0) is 26.2 Å². The number of nitrogens with one attached hydrogen (secondary N) is 1. The normalized spacial score (nSPS) is 13.0. The zero-order valence-electron chi connectivity index (χ0n) is 11.5. The number of amides is 1. The lowest BCUT2D eigenvalue weighted by molar-refractivity contribution is 0.120. The highest BCUT2D eigenvalue weighted by molar-refractivity contribution is 7.72. The van der Waals surface area contributed by atoms with Crippen LogP contribution in [0.3, 0.4) is 0 Å². The van der Waals surface area contributed by atoms with Crippen LogP contribution in [-0.4, -0.2) is 49.0 Å². The number of carbonyl (C=O) groups is 1. The third-order valence-corrected chi connectivity index (χ3v) is 6.54. The number of rotatable bonds is 9. The number of hydrogen-bond acceptors (Lipinski definition) is 5. The van der Waals surface area contributed by atoms with Crippen LogP contribution in [0.15, 0.2) is 0 Å². The van der Waals surface area contributed by atoms with E-state index >= 15 is 0 Å². The van der Waals surface area contributed by atoms with Crippen LogP contribution in [0.4, 0.5) is 4.79 Å². The van der Waals surface area contributed by atoms with Crippen molar-refractivity contribution in [2.24, 2.45) is 0 Å². The smallest absolute Gasteiger partial charge is 0.407 e. The molecule has 12 heteroatoms. The fourth-order valence-electron chi connectivity index (χ4n) is 1.50. The van der Waals surface area contributed by atoms with E-state index in [-0.39, 0.29) is 19.6 Å². The molecule has 0 atom stereocenters. The molecule has 0 fully saturated rings. The number of alkyl carbamates (subject to hydrolysis) is 1.